The number of nitrogens with one attached hydrogen (secondary N) is 1. The molecule has 1 amide bonds. The van der Waals surface area contributed by atoms with Gasteiger partial charge < -0.3 is 15.0 Å². The van der Waals surface area contributed by atoms with Gasteiger partial charge in [0.15, 0.2) is 0 Å². The van der Waals surface area contributed by atoms with Gasteiger partial charge in [0.05, 0.1) is 0 Å². The zero-order chi connectivity index (χ0) is 24.2. The first-order valence-corrected chi connectivity index (χ1v) is 11.2. The van der Waals surface area contributed by atoms with Crippen LogP contribution in [-0.4, -0.2) is 16.9 Å². The first kappa shape index (κ1) is 23.4. The average Bonchev–Trinajstić information content (AvgIpc) is 2.80. The van der Waals surface area contributed by atoms with Crippen molar-refractivity contribution < 1.29 is 18.3 Å². The fraction of sp³-hybridized carbons (Fsp3) is 0.259. The number of nitrogens with zero attached hydrogens (tertiary/aromatic N) is 2. The van der Waals surface area contributed by atoms with Crippen molar-refractivity contribution in [3.63, 3.8) is 0 Å². The number of allylic oxidation sites excluding steroid dienone is 1. The fourth-order valence-electron chi connectivity index (χ4n) is 3.99. The minimum absolute atomic E-state index is 0.00665. The topological polar surface area (TPSA) is 54.5 Å². The molecule has 0 radical (unpaired) electrons. The first-order valence-electron chi connectivity index (χ1n) is 11.2. The molecule has 0 spiro atoms. The maximum absolute atomic E-state index is 13.4. The number of halogens is 2. The molecule has 1 aliphatic rings. The summed E-state index contributed by atoms with van der Waals surface area (Å²) in [5.41, 5.74) is 2.73. The van der Waals surface area contributed by atoms with Crippen LogP contribution in [0, 0.1) is 18.6 Å². The van der Waals surface area contributed by atoms with E-state index in [9.17, 15) is 13.6 Å². The SMILES string of the molecule is CC1=CN(c2cc(Oc3cccc(C(=O)NCc4cc(F)cc(F)c4)c3C)ccn2)C(C)CC1. The molecular weight excluding hydrogens is 436 g/mol. The fourth-order valence-corrected chi connectivity index (χ4v) is 3.99. The second kappa shape index (κ2) is 10.0. The summed E-state index contributed by atoms with van der Waals surface area (Å²) >= 11 is 0. The lowest BCUT2D eigenvalue weighted by atomic mass is 10.0. The number of carbonyl (C=O) groups is 1. The van der Waals surface area contributed by atoms with Crippen LogP contribution in [0.1, 0.15) is 48.2 Å². The normalized spacial score (nSPS) is 15.6. The molecule has 0 fully saturated rings. The zero-order valence-corrected chi connectivity index (χ0v) is 19.4. The van der Waals surface area contributed by atoms with Crippen molar-refractivity contribution in [2.75, 3.05) is 4.90 Å². The van der Waals surface area contributed by atoms with Gasteiger partial charge in [-0.1, -0.05) is 11.6 Å². The molecule has 1 atom stereocenters. The van der Waals surface area contributed by atoms with Crippen LogP contribution >= 0.6 is 0 Å². The van der Waals surface area contributed by atoms with E-state index in [1.807, 2.05) is 6.07 Å². The van der Waals surface area contributed by atoms with Crippen molar-refractivity contribution in [3.8, 4) is 11.5 Å². The Morgan fingerprint density at radius 3 is 2.68 bits per heavy atom. The van der Waals surface area contributed by atoms with Gasteiger partial charge in [0.25, 0.3) is 5.91 Å². The Hall–Kier alpha value is -3.74. The minimum atomic E-state index is -0.683. The number of hydrogen-bond acceptors (Lipinski definition) is 4. The summed E-state index contributed by atoms with van der Waals surface area (Å²) in [6, 6.07) is 12.4. The third-order valence-electron chi connectivity index (χ3n) is 5.90. The average molecular weight is 464 g/mol. The van der Waals surface area contributed by atoms with Gasteiger partial charge in [0.1, 0.15) is 29.0 Å². The number of hydrogen-bond donors (Lipinski definition) is 1. The molecule has 1 aromatic heterocycles. The van der Waals surface area contributed by atoms with E-state index in [4.69, 9.17) is 4.74 Å². The van der Waals surface area contributed by atoms with Gasteiger partial charge in [-0.05, 0) is 69.5 Å². The second-order valence-electron chi connectivity index (χ2n) is 8.61. The summed E-state index contributed by atoms with van der Waals surface area (Å²) in [7, 11) is 0. The van der Waals surface area contributed by atoms with Crippen LogP contribution in [0.5, 0.6) is 11.5 Å². The van der Waals surface area contributed by atoms with Crippen LogP contribution < -0.4 is 15.0 Å². The number of carbonyl (C=O) groups excluding carboxylic acids is 1. The Morgan fingerprint density at radius 2 is 1.91 bits per heavy atom. The Kier molecular flexibility index (Phi) is 6.91. The van der Waals surface area contributed by atoms with Crippen molar-refractivity contribution in [3.05, 3.63) is 94.8 Å². The number of amides is 1. The minimum Gasteiger partial charge on any atom is -0.457 e. The van der Waals surface area contributed by atoms with Crippen molar-refractivity contribution in [2.45, 2.75) is 46.2 Å². The van der Waals surface area contributed by atoms with Crippen LogP contribution in [0.4, 0.5) is 14.6 Å². The number of anilines is 1. The van der Waals surface area contributed by atoms with Crippen LogP contribution in [0.3, 0.4) is 0 Å². The molecule has 4 rings (SSSR count). The number of rotatable bonds is 6. The van der Waals surface area contributed by atoms with E-state index in [-0.39, 0.29) is 12.5 Å². The van der Waals surface area contributed by atoms with Crippen LogP contribution in [0.2, 0.25) is 0 Å². The van der Waals surface area contributed by atoms with Crippen molar-refractivity contribution in [1.82, 2.24) is 10.3 Å². The molecule has 1 aliphatic heterocycles. The van der Waals surface area contributed by atoms with Crippen LogP contribution in [0.15, 0.2) is 66.5 Å². The number of benzene rings is 2. The van der Waals surface area contributed by atoms with E-state index in [0.717, 1.165) is 24.7 Å². The Morgan fingerprint density at radius 1 is 1.15 bits per heavy atom. The van der Waals surface area contributed by atoms with Crippen molar-refractivity contribution in [2.24, 2.45) is 0 Å². The van der Waals surface area contributed by atoms with E-state index >= 15 is 0 Å². The van der Waals surface area contributed by atoms with Gasteiger partial charge in [-0.15, -0.1) is 0 Å². The monoisotopic (exact) mass is 463 g/mol. The summed E-state index contributed by atoms with van der Waals surface area (Å²) < 4.78 is 32.9. The number of pyridine rings is 1. The van der Waals surface area contributed by atoms with Gasteiger partial charge >= 0.3 is 0 Å². The quantitative estimate of drug-likeness (QED) is 0.467. The van der Waals surface area contributed by atoms with E-state index in [1.54, 1.807) is 37.4 Å². The maximum atomic E-state index is 13.4. The number of aromatic nitrogens is 1. The summed E-state index contributed by atoms with van der Waals surface area (Å²) in [5.74, 6) is 0.239. The van der Waals surface area contributed by atoms with Crippen LogP contribution in [0.25, 0.3) is 0 Å². The lowest BCUT2D eigenvalue weighted by Crippen LogP contribution is -2.31. The molecular formula is C27H27F2N3O2. The van der Waals surface area contributed by atoms with Crippen molar-refractivity contribution >= 4 is 11.7 Å². The molecule has 3 aromatic rings. The van der Waals surface area contributed by atoms with Gasteiger partial charge in [0.2, 0.25) is 0 Å². The molecule has 5 nitrogen and oxygen atoms in total. The molecule has 34 heavy (non-hydrogen) atoms. The third kappa shape index (κ3) is 5.42. The highest BCUT2D eigenvalue weighted by atomic mass is 19.1. The highest BCUT2D eigenvalue weighted by Gasteiger charge is 2.19. The standard InChI is InChI=1S/C27H27F2N3O2/c1-17-7-8-18(2)32(16-17)26-14-23(9-10-30-26)34-25-6-4-5-24(19(25)3)27(33)31-15-20-11-21(28)13-22(29)12-20/h4-6,9-14,16,18H,7-8,15H2,1-3H3,(H,31,33). The first-order chi connectivity index (χ1) is 16.3. The van der Waals surface area contributed by atoms with E-state index in [1.165, 1.54) is 17.7 Å². The van der Waals surface area contributed by atoms with E-state index < -0.39 is 11.6 Å². The molecule has 2 aromatic carbocycles. The molecule has 0 bridgehead atoms. The maximum Gasteiger partial charge on any atom is 0.251 e. The second-order valence-corrected chi connectivity index (χ2v) is 8.61. The van der Waals surface area contributed by atoms with Gasteiger partial charge in [-0.3, -0.25) is 4.79 Å². The smallest absolute Gasteiger partial charge is 0.251 e. The molecule has 1 N–H and O–H groups in total. The lowest BCUT2D eigenvalue weighted by molar-refractivity contribution is 0.0950. The summed E-state index contributed by atoms with van der Waals surface area (Å²) in [5, 5.41) is 2.71. The van der Waals surface area contributed by atoms with Crippen molar-refractivity contribution in [1.29, 1.82) is 0 Å². The molecule has 0 saturated heterocycles. The molecule has 176 valence electrons. The summed E-state index contributed by atoms with van der Waals surface area (Å²) in [4.78, 5) is 19.4. The van der Waals surface area contributed by atoms with Gasteiger partial charge in [-0.2, -0.15) is 0 Å². The zero-order valence-electron chi connectivity index (χ0n) is 19.4. The highest BCUT2D eigenvalue weighted by Crippen LogP contribution is 2.31. The molecule has 2 heterocycles. The van der Waals surface area contributed by atoms with Gasteiger partial charge in [0, 0.05) is 48.2 Å². The largest absolute Gasteiger partial charge is 0.457 e. The third-order valence-corrected chi connectivity index (χ3v) is 5.90. The summed E-state index contributed by atoms with van der Waals surface area (Å²) in [6.07, 6.45) is 5.98. The lowest BCUT2D eigenvalue weighted by Gasteiger charge is -2.31. The number of ether oxygens (including phenoxy) is 1. The van der Waals surface area contributed by atoms with Crippen LogP contribution in [-0.2, 0) is 6.54 Å². The molecule has 0 saturated carbocycles. The molecule has 1 unspecified atom stereocenters. The Bertz CT molecular complexity index is 1220. The highest BCUT2D eigenvalue weighted by molar-refractivity contribution is 5.96. The van der Waals surface area contributed by atoms with Gasteiger partial charge in [-0.25, -0.2) is 13.8 Å². The Labute approximate surface area is 198 Å². The Balaban J connectivity index is 1.50. The van der Waals surface area contributed by atoms with E-state index in [0.29, 0.717) is 34.2 Å². The molecule has 7 heteroatoms. The predicted molar refractivity (Wildman–Crippen MR) is 128 cm³/mol. The predicted octanol–water partition coefficient (Wildman–Crippen LogP) is 6.28. The summed E-state index contributed by atoms with van der Waals surface area (Å²) in [6.45, 7) is 6.09. The van der Waals surface area contributed by atoms with E-state index in [2.05, 4.69) is 35.2 Å². The molecule has 0 aliphatic carbocycles.